The standard InChI is InChI=1S/C8H17F2N/c1-8(9,10)6-4-2-3-5-7-11/h2-7,11H2,1H3. The first-order valence-electron chi connectivity index (χ1n) is 4.14. The van der Waals surface area contributed by atoms with Crippen LogP contribution in [0.2, 0.25) is 0 Å². The molecule has 68 valence electrons. The Morgan fingerprint density at radius 3 is 2.09 bits per heavy atom. The van der Waals surface area contributed by atoms with Gasteiger partial charge in [0.1, 0.15) is 0 Å². The SMILES string of the molecule is CC(F)(F)CCCCCCN. The summed E-state index contributed by atoms with van der Waals surface area (Å²) in [7, 11) is 0. The quantitative estimate of drug-likeness (QED) is 0.601. The molecule has 0 aliphatic carbocycles. The molecule has 0 saturated carbocycles. The molecule has 0 amide bonds. The highest BCUT2D eigenvalue weighted by molar-refractivity contribution is 4.57. The Hall–Kier alpha value is -0.180. The highest BCUT2D eigenvalue weighted by Gasteiger charge is 2.19. The van der Waals surface area contributed by atoms with Gasteiger partial charge in [-0.15, -0.1) is 0 Å². The predicted octanol–water partition coefficient (Wildman–Crippen LogP) is 2.55. The van der Waals surface area contributed by atoms with Crippen molar-refractivity contribution in [1.29, 1.82) is 0 Å². The van der Waals surface area contributed by atoms with Crippen LogP contribution >= 0.6 is 0 Å². The summed E-state index contributed by atoms with van der Waals surface area (Å²) in [5.74, 6) is -2.48. The van der Waals surface area contributed by atoms with Crippen LogP contribution in [0.15, 0.2) is 0 Å². The smallest absolute Gasteiger partial charge is 0.245 e. The fourth-order valence-electron chi connectivity index (χ4n) is 0.933. The zero-order chi connectivity index (χ0) is 8.74. The second kappa shape index (κ2) is 5.47. The molecule has 0 radical (unpaired) electrons. The first kappa shape index (κ1) is 10.8. The van der Waals surface area contributed by atoms with Gasteiger partial charge in [0.05, 0.1) is 0 Å². The third kappa shape index (κ3) is 9.82. The summed E-state index contributed by atoms with van der Waals surface area (Å²) in [6.07, 6.45) is 3.43. The number of unbranched alkanes of at least 4 members (excludes halogenated alkanes) is 3. The molecule has 0 unspecified atom stereocenters. The van der Waals surface area contributed by atoms with Gasteiger partial charge in [0.2, 0.25) is 5.92 Å². The molecule has 0 spiro atoms. The van der Waals surface area contributed by atoms with E-state index in [1.165, 1.54) is 0 Å². The molecule has 0 aromatic carbocycles. The maximum atomic E-state index is 12.2. The van der Waals surface area contributed by atoms with Crippen LogP contribution in [0.5, 0.6) is 0 Å². The molecule has 0 rings (SSSR count). The van der Waals surface area contributed by atoms with E-state index in [4.69, 9.17) is 5.73 Å². The van der Waals surface area contributed by atoms with E-state index in [0.29, 0.717) is 13.0 Å². The molecule has 3 heteroatoms. The van der Waals surface area contributed by atoms with Gasteiger partial charge in [0, 0.05) is 6.42 Å². The maximum absolute atomic E-state index is 12.2. The summed E-state index contributed by atoms with van der Waals surface area (Å²) in [6, 6.07) is 0. The van der Waals surface area contributed by atoms with Crippen molar-refractivity contribution in [2.45, 2.75) is 45.0 Å². The molecule has 1 nitrogen and oxygen atoms in total. The summed E-state index contributed by atoms with van der Waals surface area (Å²) in [6.45, 7) is 1.64. The van der Waals surface area contributed by atoms with Crippen molar-refractivity contribution in [3.05, 3.63) is 0 Å². The van der Waals surface area contributed by atoms with Crippen LogP contribution in [-0.4, -0.2) is 12.5 Å². The Morgan fingerprint density at radius 2 is 1.64 bits per heavy atom. The van der Waals surface area contributed by atoms with Gasteiger partial charge in [0.15, 0.2) is 0 Å². The number of halogens is 2. The zero-order valence-electron chi connectivity index (χ0n) is 7.08. The summed E-state index contributed by atoms with van der Waals surface area (Å²) in [5.41, 5.74) is 5.25. The molecule has 0 aromatic rings. The van der Waals surface area contributed by atoms with Crippen molar-refractivity contribution in [3.63, 3.8) is 0 Å². The van der Waals surface area contributed by atoms with Crippen molar-refractivity contribution in [3.8, 4) is 0 Å². The average Bonchev–Trinajstić information content (AvgIpc) is 1.85. The maximum Gasteiger partial charge on any atom is 0.245 e. The fourth-order valence-corrected chi connectivity index (χ4v) is 0.933. The van der Waals surface area contributed by atoms with Gasteiger partial charge in [0.25, 0.3) is 0 Å². The zero-order valence-corrected chi connectivity index (χ0v) is 7.08. The van der Waals surface area contributed by atoms with Gasteiger partial charge in [-0.1, -0.05) is 12.8 Å². The molecular weight excluding hydrogens is 148 g/mol. The normalized spacial score (nSPS) is 12.0. The lowest BCUT2D eigenvalue weighted by atomic mass is 10.1. The Labute approximate surface area is 67.0 Å². The van der Waals surface area contributed by atoms with E-state index in [1.54, 1.807) is 0 Å². The van der Waals surface area contributed by atoms with E-state index < -0.39 is 5.92 Å². The van der Waals surface area contributed by atoms with Crippen LogP contribution in [0.1, 0.15) is 39.0 Å². The highest BCUT2D eigenvalue weighted by atomic mass is 19.3. The third-order valence-electron chi connectivity index (χ3n) is 1.57. The first-order chi connectivity index (χ1) is 5.06. The van der Waals surface area contributed by atoms with Crippen LogP contribution < -0.4 is 5.73 Å². The summed E-state index contributed by atoms with van der Waals surface area (Å²) >= 11 is 0. The molecule has 0 aliphatic heterocycles. The minimum atomic E-state index is -2.48. The molecule has 0 bridgehead atoms. The summed E-state index contributed by atoms with van der Waals surface area (Å²) in [5, 5.41) is 0. The Kier molecular flexibility index (Phi) is 5.38. The minimum Gasteiger partial charge on any atom is -0.330 e. The molecule has 0 aromatic heterocycles. The topological polar surface area (TPSA) is 26.0 Å². The minimum absolute atomic E-state index is 0.0115. The number of alkyl halides is 2. The second-order valence-electron chi connectivity index (χ2n) is 3.02. The van der Waals surface area contributed by atoms with Crippen LogP contribution in [0, 0.1) is 0 Å². The molecular formula is C8H17F2N. The van der Waals surface area contributed by atoms with E-state index in [0.717, 1.165) is 26.2 Å². The van der Waals surface area contributed by atoms with Crippen molar-refractivity contribution < 1.29 is 8.78 Å². The molecule has 0 aliphatic rings. The largest absolute Gasteiger partial charge is 0.330 e. The molecule has 0 saturated heterocycles. The molecule has 0 fully saturated rings. The second-order valence-corrected chi connectivity index (χ2v) is 3.02. The van der Waals surface area contributed by atoms with Gasteiger partial charge in [-0.25, -0.2) is 8.78 Å². The lowest BCUT2D eigenvalue weighted by Gasteiger charge is -2.08. The van der Waals surface area contributed by atoms with Gasteiger partial charge < -0.3 is 5.73 Å². The Balaban J connectivity index is 3.02. The van der Waals surface area contributed by atoms with E-state index in [2.05, 4.69) is 0 Å². The van der Waals surface area contributed by atoms with E-state index in [9.17, 15) is 8.78 Å². The lowest BCUT2D eigenvalue weighted by molar-refractivity contribution is 0.0104. The van der Waals surface area contributed by atoms with Crippen molar-refractivity contribution >= 4 is 0 Å². The number of hydrogen-bond acceptors (Lipinski definition) is 1. The Morgan fingerprint density at radius 1 is 1.09 bits per heavy atom. The monoisotopic (exact) mass is 165 g/mol. The van der Waals surface area contributed by atoms with Gasteiger partial charge in [-0.05, 0) is 26.3 Å². The van der Waals surface area contributed by atoms with E-state index in [-0.39, 0.29) is 6.42 Å². The van der Waals surface area contributed by atoms with Gasteiger partial charge in [-0.3, -0.25) is 0 Å². The van der Waals surface area contributed by atoms with Gasteiger partial charge >= 0.3 is 0 Å². The van der Waals surface area contributed by atoms with E-state index in [1.807, 2.05) is 0 Å². The number of hydrogen-bond donors (Lipinski definition) is 1. The van der Waals surface area contributed by atoms with Crippen molar-refractivity contribution in [1.82, 2.24) is 0 Å². The Bertz CT molecular complexity index is 88.6. The van der Waals surface area contributed by atoms with E-state index >= 15 is 0 Å². The predicted molar refractivity (Wildman–Crippen MR) is 42.8 cm³/mol. The van der Waals surface area contributed by atoms with Crippen molar-refractivity contribution in [2.24, 2.45) is 5.73 Å². The molecule has 0 heterocycles. The van der Waals surface area contributed by atoms with Crippen molar-refractivity contribution in [2.75, 3.05) is 6.54 Å². The van der Waals surface area contributed by atoms with Gasteiger partial charge in [-0.2, -0.15) is 0 Å². The van der Waals surface area contributed by atoms with Crippen LogP contribution in [0.3, 0.4) is 0 Å². The summed E-state index contributed by atoms with van der Waals surface area (Å²) < 4.78 is 24.4. The first-order valence-corrected chi connectivity index (χ1v) is 4.14. The molecule has 11 heavy (non-hydrogen) atoms. The van der Waals surface area contributed by atoms with Crippen LogP contribution in [-0.2, 0) is 0 Å². The molecule has 0 atom stereocenters. The lowest BCUT2D eigenvalue weighted by Crippen LogP contribution is -2.08. The van der Waals surface area contributed by atoms with Crippen LogP contribution in [0.4, 0.5) is 8.78 Å². The number of nitrogens with two attached hydrogens (primary N) is 1. The number of rotatable bonds is 6. The highest BCUT2D eigenvalue weighted by Crippen LogP contribution is 2.20. The fraction of sp³-hybridized carbons (Fsp3) is 1.00. The molecule has 2 N–H and O–H groups in total. The summed E-state index contributed by atoms with van der Waals surface area (Å²) in [4.78, 5) is 0. The average molecular weight is 165 g/mol. The third-order valence-corrected chi connectivity index (χ3v) is 1.57. The van der Waals surface area contributed by atoms with Crippen LogP contribution in [0.25, 0.3) is 0 Å².